The average molecular weight is 375 g/mol. The third-order valence-electron chi connectivity index (χ3n) is 2.85. The lowest BCUT2D eigenvalue weighted by Gasteiger charge is -2.16. The Labute approximate surface area is 148 Å². The molecule has 1 aromatic carbocycles. The molecule has 1 amide bonds. The topological polar surface area (TPSA) is 67.4 Å². The molecule has 0 saturated heterocycles. The summed E-state index contributed by atoms with van der Waals surface area (Å²) in [5.74, 6) is -0.169. The second-order valence-corrected chi connectivity index (χ2v) is 6.80. The first kappa shape index (κ1) is 18.1. The van der Waals surface area contributed by atoms with E-state index in [1.807, 2.05) is 18.0 Å². The Bertz CT molecular complexity index is 681. The predicted molar refractivity (Wildman–Crippen MR) is 92.0 cm³/mol. The summed E-state index contributed by atoms with van der Waals surface area (Å²) in [5, 5.41) is 12.9. The van der Waals surface area contributed by atoms with Crippen molar-refractivity contribution in [1.29, 1.82) is 0 Å². The van der Waals surface area contributed by atoms with Gasteiger partial charge in [0.2, 0.25) is 11.0 Å². The Morgan fingerprint density at radius 3 is 2.87 bits per heavy atom. The number of rotatable bonds is 7. The van der Waals surface area contributed by atoms with Crippen molar-refractivity contribution in [2.24, 2.45) is 0 Å². The lowest BCUT2D eigenvalue weighted by atomic mass is 10.2. The molecular weight excluding hydrogens is 359 g/mol. The van der Waals surface area contributed by atoms with Crippen molar-refractivity contribution >= 4 is 45.6 Å². The van der Waals surface area contributed by atoms with Crippen LogP contribution in [-0.2, 0) is 22.7 Å². The van der Waals surface area contributed by atoms with Crippen molar-refractivity contribution in [1.82, 2.24) is 15.1 Å². The van der Waals surface area contributed by atoms with E-state index in [1.165, 1.54) is 11.3 Å². The number of anilines is 1. The van der Waals surface area contributed by atoms with Crippen molar-refractivity contribution in [3.05, 3.63) is 38.8 Å². The Morgan fingerprint density at radius 2 is 2.17 bits per heavy atom. The van der Waals surface area contributed by atoms with Crippen LogP contribution in [-0.4, -0.2) is 41.7 Å². The van der Waals surface area contributed by atoms with E-state index < -0.39 is 0 Å². The number of benzene rings is 1. The highest BCUT2D eigenvalue weighted by Crippen LogP contribution is 2.22. The van der Waals surface area contributed by atoms with Crippen LogP contribution in [0.4, 0.5) is 5.13 Å². The zero-order chi connectivity index (χ0) is 16.8. The maximum atomic E-state index is 12.0. The van der Waals surface area contributed by atoms with Gasteiger partial charge in [0.25, 0.3) is 0 Å². The van der Waals surface area contributed by atoms with E-state index in [0.29, 0.717) is 33.3 Å². The van der Waals surface area contributed by atoms with Crippen molar-refractivity contribution in [2.45, 2.75) is 13.2 Å². The molecule has 23 heavy (non-hydrogen) atoms. The van der Waals surface area contributed by atoms with E-state index in [0.717, 1.165) is 5.56 Å². The zero-order valence-corrected chi connectivity index (χ0v) is 15.0. The molecule has 2 rings (SSSR count). The third-order valence-corrected chi connectivity index (χ3v) is 4.25. The SMILES string of the molecule is COCc1nnc(NC(=O)CN(C)Cc2ccc(Cl)cc2Cl)s1. The number of methoxy groups -OCH3 is 1. The molecule has 1 heterocycles. The van der Waals surface area contributed by atoms with Crippen LogP contribution in [0.5, 0.6) is 0 Å². The van der Waals surface area contributed by atoms with Crippen LogP contribution in [0, 0.1) is 0 Å². The van der Waals surface area contributed by atoms with E-state index in [2.05, 4.69) is 15.5 Å². The van der Waals surface area contributed by atoms with Gasteiger partial charge >= 0.3 is 0 Å². The number of hydrogen-bond donors (Lipinski definition) is 1. The second kappa shape index (κ2) is 8.56. The second-order valence-electron chi connectivity index (χ2n) is 4.89. The normalized spacial score (nSPS) is 11.0. The van der Waals surface area contributed by atoms with E-state index in [4.69, 9.17) is 27.9 Å². The molecule has 0 aliphatic heterocycles. The van der Waals surface area contributed by atoms with Crippen LogP contribution in [0.3, 0.4) is 0 Å². The molecule has 0 fully saturated rings. The van der Waals surface area contributed by atoms with E-state index in [9.17, 15) is 4.79 Å². The molecule has 0 radical (unpaired) electrons. The summed E-state index contributed by atoms with van der Waals surface area (Å²) in [5.41, 5.74) is 0.907. The molecule has 0 saturated carbocycles. The highest BCUT2D eigenvalue weighted by Gasteiger charge is 2.12. The van der Waals surface area contributed by atoms with Crippen molar-refractivity contribution in [2.75, 3.05) is 26.0 Å². The molecule has 0 spiro atoms. The highest BCUT2D eigenvalue weighted by molar-refractivity contribution is 7.15. The van der Waals surface area contributed by atoms with Crippen molar-refractivity contribution in [3.8, 4) is 0 Å². The number of nitrogens with one attached hydrogen (secondary N) is 1. The summed E-state index contributed by atoms with van der Waals surface area (Å²) in [6.07, 6.45) is 0. The number of ether oxygens (including phenoxy) is 1. The van der Waals surface area contributed by atoms with Gasteiger partial charge in [0.15, 0.2) is 0 Å². The van der Waals surface area contributed by atoms with Crippen molar-refractivity contribution < 1.29 is 9.53 Å². The first-order valence-electron chi connectivity index (χ1n) is 6.71. The fourth-order valence-electron chi connectivity index (χ4n) is 1.89. The lowest BCUT2D eigenvalue weighted by molar-refractivity contribution is -0.117. The predicted octanol–water partition coefficient (Wildman–Crippen LogP) is 3.06. The molecule has 2 aromatic rings. The van der Waals surface area contributed by atoms with E-state index >= 15 is 0 Å². The third kappa shape index (κ3) is 5.71. The number of carbonyl (C=O) groups excluding carboxylic acids is 1. The molecule has 0 aliphatic carbocycles. The van der Waals surface area contributed by atoms with Gasteiger partial charge in [-0.25, -0.2) is 0 Å². The standard InChI is InChI=1S/C14H16Cl2N4O2S/c1-20(6-9-3-4-10(15)5-11(9)16)7-12(21)17-14-19-18-13(23-14)8-22-2/h3-5H,6-8H2,1-2H3,(H,17,19,21). The summed E-state index contributed by atoms with van der Waals surface area (Å²) >= 11 is 13.3. The molecule has 0 bridgehead atoms. The van der Waals surface area contributed by atoms with Crippen LogP contribution < -0.4 is 5.32 Å². The number of aromatic nitrogens is 2. The zero-order valence-electron chi connectivity index (χ0n) is 12.7. The summed E-state index contributed by atoms with van der Waals surface area (Å²) in [7, 11) is 3.41. The molecule has 1 N–H and O–H groups in total. The van der Waals surface area contributed by atoms with Gasteiger partial charge in [-0.1, -0.05) is 40.6 Å². The van der Waals surface area contributed by atoms with Gasteiger partial charge < -0.3 is 4.74 Å². The van der Waals surface area contributed by atoms with Gasteiger partial charge in [-0.2, -0.15) is 0 Å². The minimum absolute atomic E-state index is 0.169. The minimum atomic E-state index is -0.169. The molecular formula is C14H16Cl2N4O2S. The summed E-state index contributed by atoms with van der Waals surface area (Å²) in [6.45, 7) is 1.12. The monoisotopic (exact) mass is 374 g/mol. The first-order chi connectivity index (χ1) is 11.0. The smallest absolute Gasteiger partial charge is 0.240 e. The number of likely N-dealkylation sites (N-methyl/N-ethyl adjacent to an activating group) is 1. The number of halogens is 2. The summed E-state index contributed by atoms with van der Waals surface area (Å²) in [6, 6.07) is 5.31. The molecule has 0 atom stereocenters. The van der Waals surface area contributed by atoms with Crippen molar-refractivity contribution in [3.63, 3.8) is 0 Å². The van der Waals surface area contributed by atoms with Gasteiger partial charge in [-0.3, -0.25) is 15.0 Å². The Balaban J connectivity index is 1.86. The van der Waals surface area contributed by atoms with Gasteiger partial charge in [0, 0.05) is 23.7 Å². The average Bonchev–Trinajstić information content (AvgIpc) is 2.89. The Morgan fingerprint density at radius 1 is 1.39 bits per heavy atom. The fourth-order valence-corrected chi connectivity index (χ4v) is 3.08. The van der Waals surface area contributed by atoms with Crippen LogP contribution in [0.25, 0.3) is 0 Å². The maximum Gasteiger partial charge on any atom is 0.240 e. The van der Waals surface area contributed by atoms with Crippen LogP contribution in [0.1, 0.15) is 10.6 Å². The fraction of sp³-hybridized carbons (Fsp3) is 0.357. The first-order valence-corrected chi connectivity index (χ1v) is 8.29. The van der Waals surface area contributed by atoms with Crippen LogP contribution in [0.15, 0.2) is 18.2 Å². The molecule has 6 nitrogen and oxygen atoms in total. The number of amides is 1. The molecule has 124 valence electrons. The lowest BCUT2D eigenvalue weighted by Crippen LogP contribution is -2.29. The Hall–Kier alpha value is -1.25. The highest BCUT2D eigenvalue weighted by atomic mass is 35.5. The Kier molecular flexibility index (Phi) is 6.73. The van der Waals surface area contributed by atoms with Crippen LogP contribution in [0.2, 0.25) is 10.0 Å². The van der Waals surface area contributed by atoms with E-state index in [1.54, 1.807) is 19.2 Å². The largest absolute Gasteiger partial charge is 0.377 e. The van der Waals surface area contributed by atoms with E-state index in [-0.39, 0.29) is 12.5 Å². The summed E-state index contributed by atoms with van der Waals surface area (Å²) in [4.78, 5) is 13.9. The number of hydrogen-bond acceptors (Lipinski definition) is 6. The molecule has 9 heteroatoms. The van der Waals surface area contributed by atoms with Gasteiger partial charge in [0.1, 0.15) is 11.6 Å². The van der Waals surface area contributed by atoms with Crippen LogP contribution >= 0.6 is 34.5 Å². The molecule has 1 aromatic heterocycles. The quantitative estimate of drug-likeness (QED) is 0.806. The molecule has 0 aliphatic rings. The van der Waals surface area contributed by atoms with Gasteiger partial charge in [0.05, 0.1) is 6.54 Å². The molecule has 0 unspecified atom stereocenters. The van der Waals surface area contributed by atoms with Gasteiger partial charge in [-0.15, -0.1) is 10.2 Å². The number of nitrogens with zero attached hydrogens (tertiary/aromatic N) is 3. The summed E-state index contributed by atoms with van der Waals surface area (Å²) < 4.78 is 4.96. The number of carbonyl (C=O) groups is 1. The maximum absolute atomic E-state index is 12.0. The minimum Gasteiger partial charge on any atom is -0.377 e. The van der Waals surface area contributed by atoms with Gasteiger partial charge in [-0.05, 0) is 24.7 Å².